The van der Waals surface area contributed by atoms with Crippen LogP contribution in [0.4, 0.5) is 0 Å². The van der Waals surface area contributed by atoms with Gasteiger partial charge in [0.05, 0.1) is 25.4 Å². The van der Waals surface area contributed by atoms with Gasteiger partial charge in [-0.2, -0.15) is 0 Å². The van der Waals surface area contributed by atoms with E-state index in [1.54, 1.807) is 19.4 Å². The van der Waals surface area contributed by atoms with Gasteiger partial charge < -0.3 is 25.1 Å². The number of nitrogens with one attached hydrogen (secondary N) is 3. The Morgan fingerprint density at radius 2 is 2.00 bits per heavy atom. The topological polar surface area (TPSA) is 87.9 Å². The number of nitrogens with zero attached hydrogens (tertiary/aromatic N) is 1. The van der Waals surface area contributed by atoms with Crippen molar-refractivity contribution in [2.45, 2.75) is 38.5 Å². The molecule has 8 heteroatoms. The number of aliphatic imine (C=N–C) groups is 1. The minimum atomic E-state index is -0.286. The lowest BCUT2D eigenvalue weighted by Gasteiger charge is -2.38. The molecule has 3 rings (SSSR count). The first-order valence-electron chi connectivity index (χ1n) is 9.01. The molecule has 1 aliphatic heterocycles. The molecule has 28 heavy (non-hydrogen) atoms. The van der Waals surface area contributed by atoms with Crippen LogP contribution < -0.4 is 20.7 Å². The van der Waals surface area contributed by atoms with E-state index >= 15 is 0 Å². The number of rotatable bonds is 5. The number of hydrogen-bond acceptors (Lipinski definition) is 4. The third-order valence-corrected chi connectivity index (χ3v) is 4.37. The molecule has 0 fully saturated rings. The molecular formula is C20H27IN4O3. The van der Waals surface area contributed by atoms with Crippen LogP contribution in [0.5, 0.6) is 5.75 Å². The number of amides is 1. The summed E-state index contributed by atoms with van der Waals surface area (Å²) in [4.78, 5) is 16.3. The molecule has 0 bridgehead atoms. The summed E-state index contributed by atoms with van der Waals surface area (Å²) in [5, 5.41) is 9.26. The molecule has 2 heterocycles. The number of carbonyl (C=O) groups is 1. The summed E-state index contributed by atoms with van der Waals surface area (Å²) in [5.41, 5.74) is 0.799. The van der Waals surface area contributed by atoms with Crippen molar-refractivity contribution in [3.63, 3.8) is 0 Å². The van der Waals surface area contributed by atoms with Gasteiger partial charge in [0.2, 0.25) is 5.91 Å². The van der Waals surface area contributed by atoms with Crippen molar-refractivity contribution in [3.05, 3.63) is 54.0 Å². The Labute approximate surface area is 182 Å². The summed E-state index contributed by atoms with van der Waals surface area (Å²) in [6.07, 6.45) is 2.37. The third-order valence-electron chi connectivity index (χ3n) is 4.37. The van der Waals surface area contributed by atoms with Crippen LogP contribution in [-0.2, 0) is 11.3 Å². The summed E-state index contributed by atoms with van der Waals surface area (Å²) in [5.74, 6) is 2.02. The van der Waals surface area contributed by atoms with Crippen molar-refractivity contribution in [2.24, 2.45) is 4.99 Å². The van der Waals surface area contributed by atoms with Gasteiger partial charge in [-0.1, -0.05) is 18.2 Å². The van der Waals surface area contributed by atoms with Gasteiger partial charge in [-0.15, -0.1) is 24.0 Å². The van der Waals surface area contributed by atoms with Crippen molar-refractivity contribution >= 4 is 35.8 Å². The number of carbonyl (C=O) groups excluding carboxylic acids is 1. The smallest absolute Gasteiger partial charge is 0.239 e. The minimum Gasteiger partial charge on any atom is -0.487 e. The van der Waals surface area contributed by atoms with Gasteiger partial charge in [0.15, 0.2) is 5.96 Å². The zero-order chi connectivity index (χ0) is 19.3. The molecule has 1 aliphatic rings. The van der Waals surface area contributed by atoms with E-state index < -0.39 is 0 Å². The van der Waals surface area contributed by atoms with Crippen LogP contribution in [0.1, 0.15) is 37.6 Å². The normalized spacial score (nSPS) is 17.5. The lowest BCUT2D eigenvalue weighted by molar-refractivity contribution is -0.120. The Morgan fingerprint density at radius 1 is 1.21 bits per heavy atom. The van der Waals surface area contributed by atoms with Gasteiger partial charge >= 0.3 is 0 Å². The molecular weight excluding hydrogens is 471 g/mol. The molecule has 1 aromatic heterocycles. The Hall–Kier alpha value is -2.23. The molecule has 7 nitrogen and oxygen atoms in total. The van der Waals surface area contributed by atoms with E-state index in [0.717, 1.165) is 17.7 Å². The molecule has 3 N–H and O–H groups in total. The van der Waals surface area contributed by atoms with E-state index in [-0.39, 0.29) is 48.1 Å². The highest BCUT2D eigenvalue weighted by Gasteiger charge is 2.33. The van der Waals surface area contributed by atoms with Crippen LogP contribution in [0.25, 0.3) is 0 Å². The molecule has 2 aromatic rings. The summed E-state index contributed by atoms with van der Waals surface area (Å²) in [6, 6.07) is 11.6. The van der Waals surface area contributed by atoms with Crippen molar-refractivity contribution in [1.82, 2.24) is 16.0 Å². The van der Waals surface area contributed by atoms with Crippen LogP contribution in [0.2, 0.25) is 0 Å². The maximum absolute atomic E-state index is 12.0. The first kappa shape index (κ1) is 22.1. The quantitative estimate of drug-likeness (QED) is 0.335. The monoisotopic (exact) mass is 498 g/mol. The lowest BCUT2D eigenvalue weighted by atomic mass is 9.90. The van der Waals surface area contributed by atoms with Gasteiger partial charge in [-0.25, -0.2) is 0 Å². The zero-order valence-electron chi connectivity index (χ0n) is 16.3. The summed E-state index contributed by atoms with van der Waals surface area (Å²) < 4.78 is 11.3. The number of ether oxygens (including phenoxy) is 1. The van der Waals surface area contributed by atoms with Crippen LogP contribution in [0.3, 0.4) is 0 Å². The van der Waals surface area contributed by atoms with E-state index in [4.69, 9.17) is 9.15 Å². The number of halogens is 1. The first-order chi connectivity index (χ1) is 13.0. The standard InChI is InChI=1S/C20H26N4O3.HI/c1-20(2)11-16(15-8-4-5-9-17(15)27-20)24-19(21-3)23-13-18(25)22-12-14-7-6-10-26-14;/h4-10,16H,11-13H2,1-3H3,(H,22,25)(H2,21,23,24);1H. The minimum absolute atomic E-state index is 0. The summed E-state index contributed by atoms with van der Waals surface area (Å²) in [7, 11) is 1.69. The molecule has 1 atom stereocenters. The summed E-state index contributed by atoms with van der Waals surface area (Å²) >= 11 is 0. The zero-order valence-corrected chi connectivity index (χ0v) is 18.7. The molecule has 0 aliphatic carbocycles. The van der Waals surface area contributed by atoms with Crippen molar-refractivity contribution < 1.29 is 13.9 Å². The van der Waals surface area contributed by atoms with E-state index in [1.807, 2.05) is 30.3 Å². The van der Waals surface area contributed by atoms with E-state index in [9.17, 15) is 4.79 Å². The molecule has 0 saturated heterocycles. The van der Waals surface area contributed by atoms with Crippen LogP contribution in [0, 0.1) is 0 Å². The highest BCUT2D eigenvalue weighted by molar-refractivity contribution is 14.0. The van der Waals surface area contributed by atoms with E-state index in [1.165, 1.54) is 0 Å². The molecule has 1 aromatic carbocycles. The van der Waals surface area contributed by atoms with Crippen LogP contribution >= 0.6 is 24.0 Å². The Kier molecular flexibility index (Phi) is 7.73. The van der Waals surface area contributed by atoms with Crippen molar-refractivity contribution in [1.29, 1.82) is 0 Å². The lowest BCUT2D eigenvalue weighted by Crippen LogP contribution is -2.47. The SMILES string of the molecule is CN=C(NCC(=O)NCc1ccco1)NC1CC(C)(C)Oc2ccccc21.I. The Balaban J connectivity index is 0.00000280. The molecule has 0 spiro atoms. The highest BCUT2D eigenvalue weighted by atomic mass is 127. The molecule has 1 amide bonds. The second-order valence-corrected chi connectivity index (χ2v) is 7.08. The molecule has 1 unspecified atom stereocenters. The third kappa shape index (κ3) is 5.88. The average Bonchev–Trinajstić information content (AvgIpc) is 3.16. The molecule has 0 saturated carbocycles. The maximum atomic E-state index is 12.0. The second-order valence-electron chi connectivity index (χ2n) is 7.08. The van der Waals surface area contributed by atoms with Crippen LogP contribution in [-0.4, -0.2) is 31.1 Å². The van der Waals surface area contributed by atoms with Gasteiger partial charge in [0, 0.05) is 19.0 Å². The predicted molar refractivity (Wildman–Crippen MR) is 119 cm³/mol. The Bertz CT molecular complexity index is 806. The number of guanidine groups is 1. The molecule has 152 valence electrons. The predicted octanol–water partition coefficient (Wildman–Crippen LogP) is 2.98. The Morgan fingerprint density at radius 3 is 2.71 bits per heavy atom. The highest BCUT2D eigenvalue weighted by Crippen LogP contribution is 2.39. The van der Waals surface area contributed by atoms with Gasteiger partial charge in [0.1, 0.15) is 17.1 Å². The average molecular weight is 498 g/mol. The first-order valence-corrected chi connectivity index (χ1v) is 9.01. The number of fused-ring (bicyclic) bond motifs is 1. The van der Waals surface area contributed by atoms with E-state index in [2.05, 4.69) is 34.8 Å². The summed E-state index contributed by atoms with van der Waals surface area (Å²) in [6.45, 7) is 4.61. The fourth-order valence-corrected chi connectivity index (χ4v) is 3.12. The van der Waals surface area contributed by atoms with Gasteiger partial charge in [0.25, 0.3) is 0 Å². The van der Waals surface area contributed by atoms with Crippen molar-refractivity contribution in [2.75, 3.05) is 13.6 Å². The number of hydrogen-bond donors (Lipinski definition) is 3. The van der Waals surface area contributed by atoms with Gasteiger partial charge in [-0.05, 0) is 32.0 Å². The fourth-order valence-electron chi connectivity index (χ4n) is 3.12. The van der Waals surface area contributed by atoms with Gasteiger partial charge in [-0.3, -0.25) is 9.79 Å². The van der Waals surface area contributed by atoms with Crippen molar-refractivity contribution in [3.8, 4) is 5.75 Å². The number of benzene rings is 1. The number of furan rings is 1. The number of para-hydroxylation sites is 1. The largest absolute Gasteiger partial charge is 0.487 e. The fraction of sp³-hybridized carbons (Fsp3) is 0.400. The second kappa shape index (κ2) is 9.81. The van der Waals surface area contributed by atoms with E-state index in [0.29, 0.717) is 18.3 Å². The maximum Gasteiger partial charge on any atom is 0.239 e. The van der Waals surface area contributed by atoms with Crippen LogP contribution in [0.15, 0.2) is 52.1 Å². The molecule has 0 radical (unpaired) electrons.